The first-order chi connectivity index (χ1) is 7.83. The van der Waals surface area contributed by atoms with E-state index in [1.165, 1.54) is 24.0 Å². The van der Waals surface area contributed by atoms with Crippen LogP contribution in [0.15, 0.2) is 18.2 Å². The number of aryl methyl sites for hydroxylation is 2. The molecule has 0 unspecified atom stereocenters. The molecular weight excluding hydrogens is 202 g/mol. The van der Waals surface area contributed by atoms with Crippen molar-refractivity contribution in [3.05, 3.63) is 29.3 Å². The molecule has 1 aliphatic carbocycles. The molecule has 2 N–H and O–H groups in total. The highest BCUT2D eigenvalue weighted by Gasteiger charge is 2.26. The van der Waals surface area contributed by atoms with Gasteiger partial charge in [0.25, 0.3) is 0 Å². The van der Waals surface area contributed by atoms with Gasteiger partial charge in [0.2, 0.25) is 0 Å². The topological polar surface area (TPSA) is 41.5 Å². The van der Waals surface area contributed by atoms with Crippen LogP contribution < -0.4 is 10.1 Å². The fourth-order valence-electron chi connectivity index (χ4n) is 2.56. The Morgan fingerprint density at radius 2 is 2.06 bits per heavy atom. The van der Waals surface area contributed by atoms with Gasteiger partial charge in [-0.25, -0.2) is 0 Å². The summed E-state index contributed by atoms with van der Waals surface area (Å²) in [6.07, 6.45) is 3.14. The summed E-state index contributed by atoms with van der Waals surface area (Å²) < 4.78 is 5.80. The van der Waals surface area contributed by atoms with Crippen molar-refractivity contribution in [2.75, 3.05) is 13.1 Å². The van der Waals surface area contributed by atoms with E-state index in [9.17, 15) is 5.11 Å². The van der Waals surface area contributed by atoms with Gasteiger partial charge in [0.15, 0.2) is 0 Å². The Balaban J connectivity index is 1.75. The van der Waals surface area contributed by atoms with Crippen molar-refractivity contribution in [3.63, 3.8) is 0 Å². The molecule has 1 aliphatic heterocycles. The second-order valence-corrected chi connectivity index (χ2v) is 4.67. The molecule has 1 aromatic carbocycles. The first kappa shape index (κ1) is 10.1. The first-order valence-corrected chi connectivity index (χ1v) is 6.00. The van der Waals surface area contributed by atoms with Crippen molar-refractivity contribution in [2.45, 2.75) is 31.5 Å². The van der Waals surface area contributed by atoms with Crippen molar-refractivity contribution in [1.29, 1.82) is 0 Å². The van der Waals surface area contributed by atoms with Gasteiger partial charge in [-0.2, -0.15) is 0 Å². The zero-order valence-electron chi connectivity index (χ0n) is 9.28. The molecule has 86 valence electrons. The third-order valence-electron chi connectivity index (χ3n) is 3.49. The van der Waals surface area contributed by atoms with Crippen LogP contribution in [0, 0.1) is 0 Å². The Bertz CT molecular complexity index is 392. The average Bonchev–Trinajstić information content (AvgIpc) is 2.88. The molecule has 1 heterocycles. The molecule has 3 heteroatoms. The van der Waals surface area contributed by atoms with Gasteiger partial charge in [0, 0.05) is 13.1 Å². The van der Waals surface area contributed by atoms with Crippen LogP contribution in [0.2, 0.25) is 0 Å². The summed E-state index contributed by atoms with van der Waals surface area (Å²) in [4.78, 5) is 0. The Kier molecular flexibility index (Phi) is 2.58. The number of rotatable bonds is 2. The molecule has 0 radical (unpaired) electrons. The average molecular weight is 219 g/mol. The summed E-state index contributed by atoms with van der Waals surface area (Å²) in [6, 6.07) is 6.31. The maximum Gasteiger partial charge on any atom is 0.138 e. The maximum absolute atomic E-state index is 9.66. The van der Waals surface area contributed by atoms with Gasteiger partial charge in [-0.15, -0.1) is 0 Å². The minimum absolute atomic E-state index is 0.0977. The predicted molar refractivity (Wildman–Crippen MR) is 61.8 cm³/mol. The maximum atomic E-state index is 9.66. The van der Waals surface area contributed by atoms with Crippen LogP contribution in [-0.4, -0.2) is 30.4 Å². The first-order valence-electron chi connectivity index (χ1n) is 6.00. The van der Waals surface area contributed by atoms with E-state index >= 15 is 0 Å². The van der Waals surface area contributed by atoms with Crippen LogP contribution >= 0.6 is 0 Å². The third kappa shape index (κ3) is 1.81. The Morgan fingerprint density at radius 1 is 1.19 bits per heavy atom. The zero-order valence-corrected chi connectivity index (χ0v) is 9.28. The standard InChI is InChI=1S/C13H17NO2/c15-12-7-14-8-13(12)16-11-5-4-9-2-1-3-10(9)6-11/h4-6,12-15H,1-3,7-8H2/t12-,13-/m0/s1. The summed E-state index contributed by atoms with van der Waals surface area (Å²) in [5.74, 6) is 0.897. The van der Waals surface area contributed by atoms with Crippen LogP contribution in [0.4, 0.5) is 0 Å². The summed E-state index contributed by atoms with van der Waals surface area (Å²) in [5, 5.41) is 12.8. The van der Waals surface area contributed by atoms with E-state index in [-0.39, 0.29) is 12.2 Å². The van der Waals surface area contributed by atoms with E-state index in [0.717, 1.165) is 18.7 Å². The number of ether oxygens (including phenoxy) is 1. The highest BCUT2D eigenvalue weighted by atomic mass is 16.5. The van der Waals surface area contributed by atoms with Crippen LogP contribution in [0.1, 0.15) is 17.5 Å². The molecule has 1 fully saturated rings. The zero-order chi connectivity index (χ0) is 11.0. The van der Waals surface area contributed by atoms with Crippen LogP contribution in [0.25, 0.3) is 0 Å². The van der Waals surface area contributed by atoms with Crippen molar-refractivity contribution >= 4 is 0 Å². The number of aliphatic hydroxyl groups excluding tert-OH is 1. The molecule has 0 saturated carbocycles. The molecule has 3 rings (SSSR count). The van der Waals surface area contributed by atoms with Crippen LogP contribution in [0.5, 0.6) is 5.75 Å². The van der Waals surface area contributed by atoms with Gasteiger partial charge in [-0.05, 0) is 42.5 Å². The lowest BCUT2D eigenvalue weighted by Crippen LogP contribution is -2.29. The highest BCUT2D eigenvalue weighted by Crippen LogP contribution is 2.27. The van der Waals surface area contributed by atoms with E-state index in [2.05, 4.69) is 17.4 Å². The summed E-state index contributed by atoms with van der Waals surface area (Å²) in [5.41, 5.74) is 2.87. The van der Waals surface area contributed by atoms with E-state index in [4.69, 9.17) is 4.74 Å². The number of β-amino-alcohol motifs (C(OH)–C–C–N with tert-alkyl or cyclic N) is 1. The van der Waals surface area contributed by atoms with Crippen LogP contribution in [0.3, 0.4) is 0 Å². The van der Waals surface area contributed by atoms with Crippen LogP contribution in [-0.2, 0) is 12.8 Å². The molecule has 1 aromatic rings. The third-order valence-corrected chi connectivity index (χ3v) is 3.49. The Hall–Kier alpha value is -1.06. The van der Waals surface area contributed by atoms with Crippen molar-refractivity contribution in [3.8, 4) is 5.75 Å². The lowest BCUT2D eigenvalue weighted by Gasteiger charge is -2.16. The largest absolute Gasteiger partial charge is 0.486 e. The molecule has 0 amide bonds. The van der Waals surface area contributed by atoms with E-state index < -0.39 is 0 Å². The molecule has 0 aromatic heterocycles. The van der Waals surface area contributed by atoms with Gasteiger partial charge in [-0.3, -0.25) is 0 Å². The number of aliphatic hydroxyl groups is 1. The minimum Gasteiger partial charge on any atom is -0.486 e. The fourth-order valence-corrected chi connectivity index (χ4v) is 2.56. The molecule has 2 aliphatic rings. The smallest absolute Gasteiger partial charge is 0.138 e. The Morgan fingerprint density at radius 3 is 2.88 bits per heavy atom. The number of hydrogen-bond donors (Lipinski definition) is 2. The summed E-state index contributed by atoms with van der Waals surface area (Å²) in [6.45, 7) is 1.37. The van der Waals surface area contributed by atoms with E-state index in [1.54, 1.807) is 0 Å². The number of nitrogens with one attached hydrogen (secondary N) is 1. The fraction of sp³-hybridized carbons (Fsp3) is 0.538. The number of hydrogen-bond acceptors (Lipinski definition) is 3. The van der Waals surface area contributed by atoms with Crippen molar-refractivity contribution < 1.29 is 9.84 Å². The number of benzene rings is 1. The SMILES string of the molecule is O[C@H]1CNC[C@@H]1Oc1ccc2c(c1)CCC2. The Labute approximate surface area is 95.4 Å². The minimum atomic E-state index is -0.381. The predicted octanol–water partition coefficient (Wildman–Crippen LogP) is 0.887. The second kappa shape index (κ2) is 4.07. The molecular formula is C13H17NO2. The summed E-state index contributed by atoms with van der Waals surface area (Å²) >= 11 is 0. The highest BCUT2D eigenvalue weighted by molar-refractivity contribution is 5.38. The van der Waals surface area contributed by atoms with Gasteiger partial charge >= 0.3 is 0 Å². The molecule has 3 nitrogen and oxygen atoms in total. The van der Waals surface area contributed by atoms with Crippen molar-refractivity contribution in [2.24, 2.45) is 0 Å². The quantitative estimate of drug-likeness (QED) is 0.776. The molecule has 0 spiro atoms. The normalized spacial score (nSPS) is 28.1. The lowest BCUT2D eigenvalue weighted by atomic mass is 10.1. The van der Waals surface area contributed by atoms with Gasteiger partial charge in [0.1, 0.15) is 18.0 Å². The molecule has 1 saturated heterocycles. The molecule has 2 atom stereocenters. The van der Waals surface area contributed by atoms with Gasteiger partial charge < -0.3 is 15.2 Å². The van der Waals surface area contributed by atoms with E-state index in [1.807, 2.05) is 6.07 Å². The second-order valence-electron chi connectivity index (χ2n) is 4.67. The molecule has 16 heavy (non-hydrogen) atoms. The van der Waals surface area contributed by atoms with Gasteiger partial charge in [0.05, 0.1) is 0 Å². The molecule has 0 bridgehead atoms. The van der Waals surface area contributed by atoms with E-state index in [0.29, 0.717) is 6.54 Å². The monoisotopic (exact) mass is 219 g/mol. The number of fused-ring (bicyclic) bond motifs is 1. The lowest BCUT2D eigenvalue weighted by molar-refractivity contribution is 0.0737. The van der Waals surface area contributed by atoms with Gasteiger partial charge in [-0.1, -0.05) is 6.07 Å². The summed E-state index contributed by atoms with van der Waals surface area (Å²) in [7, 11) is 0. The van der Waals surface area contributed by atoms with Crippen molar-refractivity contribution in [1.82, 2.24) is 5.32 Å².